The van der Waals surface area contributed by atoms with E-state index in [0.29, 0.717) is 5.69 Å². The van der Waals surface area contributed by atoms with Crippen molar-refractivity contribution in [1.82, 2.24) is 0 Å². The Labute approximate surface area is 121 Å². The number of carboxylic acids is 1. The summed E-state index contributed by atoms with van der Waals surface area (Å²) in [4.78, 5) is 24.3. The summed E-state index contributed by atoms with van der Waals surface area (Å²) >= 11 is 0. The van der Waals surface area contributed by atoms with Crippen LogP contribution in [0.15, 0.2) is 18.2 Å². The zero-order valence-corrected chi connectivity index (χ0v) is 12.0. The highest BCUT2D eigenvalue weighted by molar-refractivity contribution is 7.89. The van der Waals surface area contributed by atoms with Crippen LogP contribution in [0.4, 0.5) is 5.69 Å². The number of benzene rings is 1. The molecule has 9 heteroatoms. The number of aromatic carboxylic acids is 1. The standard InChI is InChI=1S/C12H14N2O6S/c1-20-10-3-2-7(4-9(10)12(16)17)14-6-8(5-11(14)15)21(13,18)19/h2-4,8H,5-6H2,1H3,(H,16,17)(H2,13,18,19). The van der Waals surface area contributed by atoms with Crippen molar-refractivity contribution in [3.63, 3.8) is 0 Å². The first kappa shape index (κ1) is 15.3. The van der Waals surface area contributed by atoms with Gasteiger partial charge in [-0.25, -0.2) is 18.4 Å². The smallest absolute Gasteiger partial charge is 0.339 e. The number of rotatable bonds is 4. The van der Waals surface area contributed by atoms with Crippen molar-refractivity contribution < 1.29 is 27.9 Å². The van der Waals surface area contributed by atoms with Gasteiger partial charge in [0, 0.05) is 18.7 Å². The molecular formula is C12H14N2O6S. The van der Waals surface area contributed by atoms with Crippen LogP contribution in [0, 0.1) is 0 Å². The second-order valence-electron chi connectivity index (χ2n) is 4.61. The molecule has 8 nitrogen and oxygen atoms in total. The van der Waals surface area contributed by atoms with Crippen LogP contribution in [0.3, 0.4) is 0 Å². The van der Waals surface area contributed by atoms with Crippen molar-refractivity contribution in [2.75, 3.05) is 18.6 Å². The van der Waals surface area contributed by atoms with Crippen molar-refractivity contribution in [2.45, 2.75) is 11.7 Å². The van der Waals surface area contributed by atoms with Gasteiger partial charge >= 0.3 is 5.97 Å². The molecule has 1 fully saturated rings. The molecule has 1 aliphatic rings. The summed E-state index contributed by atoms with van der Waals surface area (Å²) in [6.45, 7) is -0.0942. The predicted octanol–water partition coefficient (Wildman–Crippen LogP) is -0.213. The third-order valence-electron chi connectivity index (χ3n) is 3.28. The van der Waals surface area contributed by atoms with Crippen molar-refractivity contribution in [2.24, 2.45) is 5.14 Å². The van der Waals surface area contributed by atoms with Crippen LogP contribution in [0.25, 0.3) is 0 Å². The van der Waals surface area contributed by atoms with E-state index < -0.39 is 27.1 Å². The maximum Gasteiger partial charge on any atom is 0.339 e. The van der Waals surface area contributed by atoms with Crippen LogP contribution in [-0.2, 0) is 14.8 Å². The van der Waals surface area contributed by atoms with Crippen LogP contribution in [0.1, 0.15) is 16.8 Å². The number of nitrogens with two attached hydrogens (primary N) is 1. The minimum absolute atomic E-state index is 0.0942. The minimum Gasteiger partial charge on any atom is -0.496 e. The summed E-state index contributed by atoms with van der Waals surface area (Å²) in [7, 11) is -2.49. The van der Waals surface area contributed by atoms with Crippen molar-refractivity contribution in [3.05, 3.63) is 23.8 Å². The van der Waals surface area contributed by atoms with Crippen molar-refractivity contribution >= 4 is 27.6 Å². The number of sulfonamides is 1. The van der Waals surface area contributed by atoms with Crippen molar-refractivity contribution in [1.29, 1.82) is 0 Å². The van der Waals surface area contributed by atoms with Gasteiger partial charge in [0.1, 0.15) is 16.6 Å². The second kappa shape index (κ2) is 5.34. The molecule has 0 bridgehead atoms. The number of carboxylic acid groups (broad SMARTS) is 1. The van der Waals surface area contributed by atoms with E-state index in [4.69, 9.17) is 15.0 Å². The van der Waals surface area contributed by atoms with E-state index in [1.165, 1.54) is 30.2 Å². The highest BCUT2D eigenvalue weighted by Crippen LogP contribution is 2.29. The number of hydrogen-bond donors (Lipinski definition) is 2. The second-order valence-corrected chi connectivity index (χ2v) is 6.45. The molecule has 0 aromatic heterocycles. The van der Waals surface area contributed by atoms with Crippen LogP contribution in [0.5, 0.6) is 5.75 Å². The normalized spacial score (nSPS) is 18.9. The van der Waals surface area contributed by atoms with Gasteiger partial charge in [0.25, 0.3) is 0 Å². The van der Waals surface area contributed by atoms with Gasteiger partial charge in [0.05, 0.1) is 7.11 Å². The van der Waals surface area contributed by atoms with Gasteiger partial charge in [-0.15, -0.1) is 0 Å². The molecule has 2 rings (SSSR count). The summed E-state index contributed by atoms with van der Waals surface area (Å²) < 4.78 is 27.6. The summed E-state index contributed by atoms with van der Waals surface area (Å²) in [6.07, 6.45) is -0.215. The van der Waals surface area contributed by atoms with E-state index >= 15 is 0 Å². The first-order valence-electron chi connectivity index (χ1n) is 5.97. The summed E-state index contributed by atoms with van der Waals surface area (Å²) in [5, 5.41) is 13.2. The molecule has 0 aliphatic carbocycles. The third kappa shape index (κ3) is 2.98. The Balaban J connectivity index is 2.37. The molecule has 0 spiro atoms. The highest BCUT2D eigenvalue weighted by Gasteiger charge is 2.37. The number of anilines is 1. The fourth-order valence-corrected chi connectivity index (χ4v) is 2.91. The first-order valence-corrected chi connectivity index (χ1v) is 7.58. The van der Waals surface area contributed by atoms with Gasteiger partial charge in [-0.3, -0.25) is 4.79 Å². The number of ether oxygens (including phenoxy) is 1. The lowest BCUT2D eigenvalue weighted by Gasteiger charge is -2.17. The van der Waals surface area contributed by atoms with Gasteiger partial charge in [-0.1, -0.05) is 0 Å². The van der Waals surface area contributed by atoms with E-state index in [-0.39, 0.29) is 24.3 Å². The molecule has 1 atom stereocenters. The Hall–Kier alpha value is -2.13. The van der Waals surface area contributed by atoms with Crippen molar-refractivity contribution in [3.8, 4) is 5.75 Å². The number of hydrogen-bond acceptors (Lipinski definition) is 5. The molecule has 3 N–H and O–H groups in total. The van der Waals surface area contributed by atoms with Crippen LogP contribution >= 0.6 is 0 Å². The van der Waals surface area contributed by atoms with Gasteiger partial charge in [-0.2, -0.15) is 0 Å². The Morgan fingerprint density at radius 3 is 2.62 bits per heavy atom. The van der Waals surface area contributed by atoms with E-state index in [2.05, 4.69) is 0 Å². The topological polar surface area (TPSA) is 127 Å². The van der Waals surface area contributed by atoms with Gasteiger partial charge < -0.3 is 14.7 Å². The molecular weight excluding hydrogens is 300 g/mol. The SMILES string of the molecule is COc1ccc(N2CC(S(N)(=O)=O)CC2=O)cc1C(=O)O. The van der Waals surface area contributed by atoms with E-state index in [9.17, 15) is 18.0 Å². The average Bonchev–Trinajstić information content (AvgIpc) is 2.80. The van der Waals surface area contributed by atoms with E-state index in [0.717, 1.165) is 0 Å². The van der Waals surface area contributed by atoms with Crippen LogP contribution in [-0.4, -0.2) is 44.3 Å². The molecule has 21 heavy (non-hydrogen) atoms. The molecule has 0 saturated carbocycles. The van der Waals surface area contributed by atoms with Gasteiger partial charge in [0.15, 0.2) is 0 Å². The number of nitrogens with zero attached hydrogens (tertiary/aromatic N) is 1. The summed E-state index contributed by atoms with van der Waals surface area (Å²) in [5.41, 5.74) is 0.186. The van der Waals surface area contributed by atoms with Gasteiger partial charge in [-0.05, 0) is 18.2 Å². The largest absolute Gasteiger partial charge is 0.496 e. The lowest BCUT2D eigenvalue weighted by molar-refractivity contribution is -0.117. The predicted molar refractivity (Wildman–Crippen MR) is 73.8 cm³/mol. The molecule has 1 heterocycles. The lowest BCUT2D eigenvalue weighted by atomic mass is 10.1. The van der Waals surface area contributed by atoms with Crippen LogP contribution < -0.4 is 14.8 Å². The highest BCUT2D eigenvalue weighted by atomic mass is 32.2. The van der Waals surface area contributed by atoms with E-state index in [1.54, 1.807) is 0 Å². The van der Waals surface area contributed by atoms with E-state index in [1.807, 2.05) is 0 Å². The minimum atomic E-state index is -3.82. The Bertz CT molecular complexity index is 700. The Kier molecular flexibility index (Phi) is 3.88. The number of methoxy groups -OCH3 is 1. The molecule has 1 aromatic carbocycles. The lowest BCUT2D eigenvalue weighted by Crippen LogP contribution is -2.32. The molecule has 114 valence electrons. The zero-order chi connectivity index (χ0) is 15.8. The third-order valence-corrected chi connectivity index (χ3v) is 4.52. The summed E-state index contributed by atoms with van der Waals surface area (Å²) in [5.74, 6) is -1.47. The Morgan fingerprint density at radius 1 is 1.48 bits per heavy atom. The first-order chi connectivity index (χ1) is 9.74. The van der Waals surface area contributed by atoms with Crippen LogP contribution in [0.2, 0.25) is 0 Å². The molecule has 1 aliphatic heterocycles. The quantitative estimate of drug-likeness (QED) is 0.791. The number of carbonyl (C=O) groups excluding carboxylic acids is 1. The number of primary sulfonamides is 1. The average molecular weight is 314 g/mol. The summed E-state index contributed by atoms with van der Waals surface area (Å²) in [6, 6.07) is 4.18. The maximum atomic E-state index is 11.9. The fourth-order valence-electron chi connectivity index (χ4n) is 2.18. The zero-order valence-electron chi connectivity index (χ0n) is 11.1. The maximum absolute atomic E-state index is 11.9. The monoisotopic (exact) mass is 314 g/mol. The fraction of sp³-hybridized carbons (Fsp3) is 0.333. The Morgan fingerprint density at radius 2 is 2.14 bits per heavy atom. The van der Waals surface area contributed by atoms with Gasteiger partial charge in [0.2, 0.25) is 15.9 Å². The number of carbonyl (C=O) groups is 2. The molecule has 1 unspecified atom stereocenters. The molecule has 0 radical (unpaired) electrons. The molecule has 1 amide bonds. The molecule has 1 saturated heterocycles. The molecule has 1 aromatic rings. The number of amides is 1.